The topological polar surface area (TPSA) is 21.3 Å². The van der Waals surface area contributed by atoms with E-state index in [1.54, 1.807) is 6.07 Å². The molecule has 21 heavy (non-hydrogen) atoms. The molecule has 1 unspecified atom stereocenters. The van der Waals surface area contributed by atoms with E-state index in [4.69, 9.17) is 27.9 Å². The Hall–Kier alpha value is -0.740. The van der Waals surface area contributed by atoms with Crippen LogP contribution in [-0.4, -0.2) is 6.61 Å². The van der Waals surface area contributed by atoms with Crippen LogP contribution in [0.25, 0.3) is 0 Å². The van der Waals surface area contributed by atoms with Crippen molar-refractivity contribution in [1.82, 2.24) is 5.32 Å². The fraction of sp³-hybridized carbons (Fsp3) is 0.250. The molecule has 0 aliphatic carbocycles. The number of fused-ring (bicyclic) bond motifs is 1. The second kappa shape index (κ2) is 6.57. The van der Waals surface area contributed by atoms with Crippen LogP contribution in [0.15, 0.2) is 40.9 Å². The fourth-order valence-corrected chi connectivity index (χ4v) is 3.54. The number of nitrogens with one attached hydrogen (secondary N) is 1. The molecule has 0 radical (unpaired) electrons. The van der Waals surface area contributed by atoms with Gasteiger partial charge in [0.15, 0.2) is 0 Å². The van der Waals surface area contributed by atoms with Gasteiger partial charge in [-0.3, -0.25) is 0 Å². The van der Waals surface area contributed by atoms with Crippen molar-refractivity contribution in [3.8, 4) is 5.75 Å². The summed E-state index contributed by atoms with van der Waals surface area (Å²) in [5, 5.41) is 4.77. The molecule has 3 rings (SSSR count). The smallest absolute Gasteiger partial charge is 0.142 e. The van der Waals surface area contributed by atoms with Crippen LogP contribution in [0.4, 0.5) is 0 Å². The van der Waals surface area contributed by atoms with E-state index in [-0.39, 0.29) is 6.04 Å². The lowest BCUT2D eigenvalue weighted by Gasteiger charge is -2.28. The highest BCUT2D eigenvalue weighted by atomic mass is 79.9. The average molecular weight is 387 g/mol. The molecular formula is C16H14BrCl2NO. The molecule has 1 aliphatic rings. The lowest BCUT2D eigenvalue weighted by molar-refractivity contribution is 0.252. The highest BCUT2D eigenvalue weighted by Crippen LogP contribution is 2.40. The second-order valence-electron chi connectivity index (χ2n) is 5.01. The molecule has 1 heterocycles. The molecule has 0 amide bonds. The van der Waals surface area contributed by atoms with Crippen LogP contribution in [0, 0.1) is 0 Å². The Kier molecular flexibility index (Phi) is 4.75. The summed E-state index contributed by atoms with van der Waals surface area (Å²) in [4.78, 5) is 0. The standard InChI is InChI=1S/C16H14BrCl2NO/c17-11-3-1-2-10(6-11)9-20-15-4-5-21-16-13(15)7-12(18)8-14(16)19/h1-3,6-8,15,20H,4-5,9H2. The molecule has 0 saturated heterocycles. The first-order valence-corrected chi connectivity index (χ1v) is 8.28. The monoisotopic (exact) mass is 385 g/mol. The SMILES string of the molecule is Clc1cc(Cl)c2c(c1)C(NCc1cccc(Br)c1)CCO2. The van der Waals surface area contributed by atoms with Crippen molar-refractivity contribution in [2.45, 2.75) is 19.0 Å². The zero-order chi connectivity index (χ0) is 14.8. The number of halogens is 3. The summed E-state index contributed by atoms with van der Waals surface area (Å²) in [5.74, 6) is 0.749. The minimum absolute atomic E-state index is 0.198. The first-order chi connectivity index (χ1) is 10.1. The zero-order valence-corrected chi connectivity index (χ0v) is 14.3. The van der Waals surface area contributed by atoms with E-state index in [1.807, 2.05) is 18.2 Å². The molecule has 0 bridgehead atoms. The van der Waals surface area contributed by atoms with Gasteiger partial charge in [0.2, 0.25) is 0 Å². The summed E-state index contributed by atoms with van der Waals surface area (Å²) in [5.41, 5.74) is 2.26. The summed E-state index contributed by atoms with van der Waals surface area (Å²) in [6.45, 7) is 1.44. The van der Waals surface area contributed by atoms with E-state index in [9.17, 15) is 0 Å². The van der Waals surface area contributed by atoms with Gasteiger partial charge in [0.25, 0.3) is 0 Å². The van der Waals surface area contributed by atoms with Crippen molar-refractivity contribution in [1.29, 1.82) is 0 Å². The van der Waals surface area contributed by atoms with E-state index in [1.165, 1.54) is 5.56 Å². The lowest BCUT2D eigenvalue weighted by atomic mass is 10.00. The largest absolute Gasteiger partial charge is 0.492 e. The highest BCUT2D eigenvalue weighted by molar-refractivity contribution is 9.10. The van der Waals surface area contributed by atoms with E-state index < -0.39 is 0 Å². The Morgan fingerprint density at radius 2 is 2.10 bits per heavy atom. The summed E-state index contributed by atoms with van der Waals surface area (Å²) in [6.07, 6.45) is 0.900. The van der Waals surface area contributed by atoms with Crippen molar-refractivity contribution >= 4 is 39.1 Å². The molecule has 110 valence electrons. The minimum atomic E-state index is 0.198. The van der Waals surface area contributed by atoms with Gasteiger partial charge in [-0.1, -0.05) is 51.3 Å². The molecule has 0 saturated carbocycles. The molecule has 5 heteroatoms. The molecule has 2 aromatic carbocycles. The van der Waals surface area contributed by atoms with E-state index >= 15 is 0 Å². The second-order valence-corrected chi connectivity index (χ2v) is 6.77. The molecule has 0 aromatic heterocycles. The number of rotatable bonds is 3. The zero-order valence-electron chi connectivity index (χ0n) is 11.2. The first-order valence-electron chi connectivity index (χ1n) is 6.73. The number of benzene rings is 2. The normalized spacial score (nSPS) is 17.2. The van der Waals surface area contributed by atoms with Crippen molar-refractivity contribution in [3.63, 3.8) is 0 Å². The van der Waals surface area contributed by atoms with Crippen LogP contribution in [-0.2, 0) is 6.54 Å². The van der Waals surface area contributed by atoms with Crippen molar-refractivity contribution in [2.24, 2.45) is 0 Å². The van der Waals surface area contributed by atoms with Crippen molar-refractivity contribution in [2.75, 3.05) is 6.61 Å². The third kappa shape index (κ3) is 3.54. The molecular weight excluding hydrogens is 373 g/mol. The number of hydrogen-bond acceptors (Lipinski definition) is 2. The van der Waals surface area contributed by atoms with Gasteiger partial charge in [-0.2, -0.15) is 0 Å². The van der Waals surface area contributed by atoms with Gasteiger partial charge in [-0.05, 0) is 29.8 Å². The Balaban J connectivity index is 1.79. The molecule has 2 nitrogen and oxygen atoms in total. The van der Waals surface area contributed by atoms with E-state index in [0.29, 0.717) is 16.7 Å². The van der Waals surface area contributed by atoms with Gasteiger partial charge in [-0.25, -0.2) is 0 Å². The quantitative estimate of drug-likeness (QED) is 0.765. The predicted molar refractivity (Wildman–Crippen MR) is 90.3 cm³/mol. The Bertz CT molecular complexity index is 663. The predicted octanol–water partition coefficient (Wildman–Crippen LogP) is 5.37. The van der Waals surface area contributed by atoms with Crippen LogP contribution >= 0.6 is 39.1 Å². The Morgan fingerprint density at radius 1 is 1.24 bits per heavy atom. The van der Waals surface area contributed by atoms with Crippen LogP contribution in [0.1, 0.15) is 23.6 Å². The van der Waals surface area contributed by atoms with Crippen molar-refractivity contribution < 1.29 is 4.74 Å². The van der Waals surface area contributed by atoms with Gasteiger partial charge < -0.3 is 10.1 Å². The van der Waals surface area contributed by atoms with Crippen LogP contribution in [0.3, 0.4) is 0 Å². The van der Waals surface area contributed by atoms with Gasteiger partial charge >= 0.3 is 0 Å². The fourth-order valence-electron chi connectivity index (χ4n) is 2.53. The molecule has 1 aliphatic heterocycles. The molecule has 2 aromatic rings. The van der Waals surface area contributed by atoms with Gasteiger partial charge in [-0.15, -0.1) is 0 Å². The van der Waals surface area contributed by atoms with Crippen LogP contribution < -0.4 is 10.1 Å². The van der Waals surface area contributed by atoms with Crippen molar-refractivity contribution in [3.05, 3.63) is 62.0 Å². The number of ether oxygens (including phenoxy) is 1. The maximum Gasteiger partial charge on any atom is 0.142 e. The van der Waals surface area contributed by atoms with Gasteiger partial charge in [0.05, 0.1) is 11.6 Å². The number of hydrogen-bond donors (Lipinski definition) is 1. The van der Waals surface area contributed by atoms with Gasteiger partial charge in [0.1, 0.15) is 5.75 Å². The summed E-state index contributed by atoms with van der Waals surface area (Å²) < 4.78 is 6.76. The van der Waals surface area contributed by atoms with Gasteiger partial charge in [0, 0.05) is 34.1 Å². The highest BCUT2D eigenvalue weighted by Gasteiger charge is 2.23. The molecule has 1 N–H and O–H groups in total. The van der Waals surface area contributed by atoms with E-state index in [2.05, 4.69) is 33.4 Å². The maximum atomic E-state index is 6.21. The third-order valence-corrected chi connectivity index (χ3v) is 4.50. The Morgan fingerprint density at radius 3 is 2.90 bits per heavy atom. The third-order valence-electron chi connectivity index (χ3n) is 3.51. The van der Waals surface area contributed by atoms with E-state index in [0.717, 1.165) is 28.8 Å². The maximum absolute atomic E-state index is 6.21. The minimum Gasteiger partial charge on any atom is -0.492 e. The molecule has 0 fully saturated rings. The first kappa shape index (κ1) is 15.2. The molecule has 0 spiro atoms. The van der Waals surface area contributed by atoms with Crippen LogP contribution in [0.2, 0.25) is 10.0 Å². The summed E-state index contributed by atoms with van der Waals surface area (Å²) >= 11 is 15.8. The lowest BCUT2D eigenvalue weighted by Crippen LogP contribution is -2.27. The molecule has 1 atom stereocenters. The Labute approximate surface area is 142 Å². The average Bonchev–Trinajstić information content (AvgIpc) is 2.45. The van der Waals surface area contributed by atoms with Crippen LogP contribution in [0.5, 0.6) is 5.75 Å². The summed E-state index contributed by atoms with van der Waals surface area (Å²) in [6, 6.07) is 12.1. The summed E-state index contributed by atoms with van der Waals surface area (Å²) in [7, 11) is 0.